The molecule has 3 rings (SSSR count). The summed E-state index contributed by atoms with van der Waals surface area (Å²) in [5.41, 5.74) is 2.30. The maximum Gasteiger partial charge on any atom is 0.150 e. The van der Waals surface area contributed by atoms with Crippen LogP contribution in [0.25, 0.3) is 0 Å². The number of rotatable bonds is 6. The second-order valence-corrected chi connectivity index (χ2v) is 5.85. The van der Waals surface area contributed by atoms with Gasteiger partial charge >= 0.3 is 0 Å². The fraction of sp³-hybridized carbons (Fsp3) is 0.333. The minimum Gasteiger partial charge on any atom is -0.455 e. The van der Waals surface area contributed by atoms with Crippen LogP contribution >= 0.6 is 11.6 Å². The zero-order valence-corrected chi connectivity index (χ0v) is 13.0. The molecule has 0 aliphatic heterocycles. The number of nitrogens with one attached hydrogen (secondary N) is 1. The molecule has 0 spiro atoms. The Kier molecular flexibility index (Phi) is 4.47. The summed E-state index contributed by atoms with van der Waals surface area (Å²) in [4.78, 5) is 0. The van der Waals surface area contributed by atoms with Crippen molar-refractivity contribution in [2.45, 2.75) is 38.8 Å². The van der Waals surface area contributed by atoms with E-state index in [-0.39, 0.29) is 0 Å². The molecule has 1 saturated carbocycles. The van der Waals surface area contributed by atoms with Gasteiger partial charge in [0.25, 0.3) is 0 Å². The van der Waals surface area contributed by atoms with Gasteiger partial charge < -0.3 is 10.1 Å². The number of para-hydroxylation sites is 2. The van der Waals surface area contributed by atoms with E-state index in [1.54, 1.807) is 0 Å². The molecule has 2 nitrogen and oxygen atoms in total. The zero-order chi connectivity index (χ0) is 14.7. The van der Waals surface area contributed by atoms with Gasteiger partial charge in [0.2, 0.25) is 0 Å². The van der Waals surface area contributed by atoms with Crippen molar-refractivity contribution in [2.75, 3.05) is 0 Å². The number of halogens is 1. The monoisotopic (exact) mass is 301 g/mol. The third-order valence-corrected chi connectivity index (χ3v) is 4.07. The van der Waals surface area contributed by atoms with Crippen LogP contribution < -0.4 is 10.1 Å². The van der Waals surface area contributed by atoms with Crippen molar-refractivity contribution >= 4 is 11.6 Å². The molecule has 0 amide bonds. The molecule has 110 valence electrons. The van der Waals surface area contributed by atoms with Crippen LogP contribution in [-0.4, -0.2) is 6.04 Å². The molecule has 3 heteroatoms. The first-order chi connectivity index (χ1) is 10.3. The Balaban J connectivity index is 1.85. The van der Waals surface area contributed by atoms with Crippen molar-refractivity contribution in [1.29, 1.82) is 0 Å². The lowest BCUT2D eigenvalue weighted by molar-refractivity contribution is 0.467. The van der Waals surface area contributed by atoms with Gasteiger partial charge in [-0.3, -0.25) is 0 Å². The fourth-order valence-corrected chi connectivity index (χ4v) is 2.59. The lowest BCUT2D eigenvalue weighted by atomic mass is 10.1. The van der Waals surface area contributed by atoms with Crippen LogP contribution in [0.3, 0.4) is 0 Å². The van der Waals surface area contributed by atoms with Crippen molar-refractivity contribution in [3.63, 3.8) is 0 Å². The lowest BCUT2D eigenvalue weighted by Gasteiger charge is -2.15. The highest BCUT2D eigenvalue weighted by atomic mass is 35.5. The smallest absolute Gasteiger partial charge is 0.150 e. The molecule has 21 heavy (non-hydrogen) atoms. The third kappa shape index (κ3) is 3.58. The molecular weight excluding hydrogens is 282 g/mol. The minimum atomic E-state index is 0.663. The fourth-order valence-electron chi connectivity index (χ4n) is 2.35. The van der Waals surface area contributed by atoms with Gasteiger partial charge in [-0.2, -0.15) is 0 Å². The normalized spacial score (nSPS) is 14.2. The van der Waals surface area contributed by atoms with Crippen molar-refractivity contribution in [2.24, 2.45) is 0 Å². The quantitative estimate of drug-likeness (QED) is 0.815. The summed E-state index contributed by atoms with van der Waals surface area (Å²) < 4.78 is 6.14. The summed E-state index contributed by atoms with van der Waals surface area (Å²) in [7, 11) is 0. The molecule has 2 aromatic rings. The predicted molar refractivity (Wildman–Crippen MR) is 87.2 cm³/mol. The van der Waals surface area contributed by atoms with Crippen LogP contribution in [0, 0.1) is 0 Å². The molecule has 1 fully saturated rings. The molecule has 0 radical (unpaired) electrons. The zero-order valence-electron chi connectivity index (χ0n) is 12.2. The summed E-state index contributed by atoms with van der Waals surface area (Å²) in [6, 6.07) is 14.7. The van der Waals surface area contributed by atoms with E-state index in [1.165, 1.54) is 18.4 Å². The largest absolute Gasteiger partial charge is 0.455 e. The summed E-state index contributed by atoms with van der Waals surface area (Å²) in [6.07, 6.45) is 3.49. The van der Waals surface area contributed by atoms with Crippen LogP contribution in [0.4, 0.5) is 0 Å². The Morgan fingerprint density at radius 1 is 1.10 bits per heavy atom. The SMILES string of the molecule is CCc1ccccc1Oc1c(Cl)cccc1CNC1CC1. The Hall–Kier alpha value is -1.51. The van der Waals surface area contributed by atoms with E-state index >= 15 is 0 Å². The summed E-state index contributed by atoms with van der Waals surface area (Å²) >= 11 is 6.35. The molecule has 1 aliphatic carbocycles. The number of benzene rings is 2. The van der Waals surface area contributed by atoms with Gasteiger partial charge in [-0.15, -0.1) is 0 Å². The molecule has 0 unspecified atom stereocenters. The molecule has 1 N–H and O–H groups in total. The van der Waals surface area contributed by atoms with E-state index in [2.05, 4.69) is 24.4 Å². The maximum absolute atomic E-state index is 6.35. The van der Waals surface area contributed by atoms with Crippen molar-refractivity contribution < 1.29 is 4.74 Å². The first-order valence-electron chi connectivity index (χ1n) is 7.54. The van der Waals surface area contributed by atoms with Crippen molar-refractivity contribution in [3.8, 4) is 11.5 Å². The van der Waals surface area contributed by atoms with Crippen molar-refractivity contribution in [1.82, 2.24) is 5.32 Å². The van der Waals surface area contributed by atoms with Gasteiger partial charge in [0.1, 0.15) is 5.75 Å². The standard InChI is InChI=1S/C18H20ClNO/c1-2-13-6-3-4-9-17(13)21-18-14(7-5-8-16(18)19)12-20-15-10-11-15/h3-9,15,20H,2,10-12H2,1H3. The molecule has 0 aromatic heterocycles. The summed E-state index contributed by atoms with van der Waals surface area (Å²) in [5.74, 6) is 1.66. The second kappa shape index (κ2) is 6.50. The molecular formula is C18H20ClNO. The Labute approximate surface area is 131 Å². The van der Waals surface area contributed by atoms with E-state index in [9.17, 15) is 0 Å². The van der Waals surface area contributed by atoms with Gasteiger partial charge in [-0.05, 0) is 37.0 Å². The molecule has 0 bridgehead atoms. The van der Waals surface area contributed by atoms with Gasteiger partial charge in [0.15, 0.2) is 5.75 Å². The first kappa shape index (κ1) is 14.4. The van der Waals surface area contributed by atoms with E-state index in [0.29, 0.717) is 11.1 Å². The second-order valence-electron chi connectivity index (χ2n) is 5.45. The Morgan fingerprint density at radius 2 is 1.86 bits per heavy atom. The predicted octanol–water partition coefficient (Wildman–Crippen LogP) is 4.95. The van der Waals surface area contributed by atoms with Gasteiger partial charge in [-0.1, -0.05) is 48.9 Å². The number of hydrogen-bond donors (Lipinski definition) is 1. The minimum absolute atomic E-state index is 0.663. The van der Waals surface area contributed by atoms with Crippen LogP contribution in [-0.2, 0) is 13.0 Å². The molecule has 0 saturated heterocycles. The van der Waals surface area contributed by atoms with Gasteiger partial charge in [0.05, 0.1) is 5.02 Å². The molecule has 0 heterocycles. The molecule has 2 aromatic carbocycles. The van der Waals surface area contributed by atoms with E-state index in [0.717, 1.165) is 30.0 Å². The highest BCUT2D eigenvalue weighted by Crippen LogP contribution is 2.35. The topological polar surface area (TPSA) is 21.3 Å². The van der Waals surface area contributed by atoms with E-state index in [4.69, 9.17) is 16.3 Å². The van der Waals surface area contributed by atoms with Gasteiger partial charge in [0, 0.05) is 18.2 Å². The Morgan fingerprint density at radius 3 is 2.62 bits per heavy atom. The van der Waals surface area contributed by atoms with Crippen LogP contribution in [0.2, 0.25) is 5.02 Å². The van der Waals surface area contributed by atoms with Crippen LogP contribution in [0.5, 0.6) is 11.5 Å². The van der Waals surface area contributed by atoms with E-state index in [1.807, 2.05) is 30.3 Å². The average molecular weight is 302 g/mol. The first-order valence-corrected chi connectivity index (χ1v) is 7.92. The average Bonchev–Trinajstić information content (AvgIpc) is 3.32. The number of hydrogen-bond acceptors (Lipinski definition) is 2. The molecule has 0 atom stereocenters. The maximum atomic E-state index is 6.35. The van der Waals surface area contributed by atoms with Crippen molar-refractivity contribution in [3.05, 3.63) is 58.6 Å². The summed E-state index contributed by atoms with van der Waals surface area (Å²) in [5, 5.41) is 4.18. The van der Waals surface area contributed by atoms with Crippen LogP contribution in [0.1, 0.15) is 30.9 Å². The van der Waals surface area contributed by atoms with Crippen LogP contribution in [0.15, 0.2) is 42.5 Å². The lowest BCUT2D eigenvalue weighted by Crippen LogP contribution is -2.15. The molecule has 1 aliphatic rings. The highest BCUT2D eigenvalue weighted by Gasteiger charge is 2.21. The third-order valence-electron chi connectivity index (χ3n) is 3.77. The van der Waals surface area contributed by atoms with E-state index < -0.39 is 0 Å². The highest BCUT2D eigenvalue weighted by molar-refractivity contribution is 6.32. The number of ether oxygens (including phenoxy) is 1. The Bertz CT molecular complexity index is 622. The number of aryl methyl sites for hydroxylation is 1. The van der Waals surface area contributed by atoms with Gasteiger partial charge in [-0.25, -0.2) is 0 Å². The summed E-state index contributed by atoms with van der Waals surface area (Å²) in [6.45, 7) is 2.93.